The highest BCUT2D eigenvalue weighted by atomic mass is 79.9. The number of phosphoric ester groups is 1. The van der Waals surface area contributed by atoms with Gasteiger partial charge in [-0.15, -0.1) is 0 Å². The minimum Gasteiger partial charge on any atom is -0.756 e. The van der Waals surface area contributed by atoms with E-state index in [9.17, 15) is 19.4 Å². The largest absolute Gasteiger partial charge is 0.756 e. The molecule has 0 aliphatic heterocycles. The maximum absolute atomic E-state index is 12.1. The van der Waals surface area contributed by atoms with E-state index in [-0.39, 0.29) is 12.0 Å². The van der Waals surface area contributed by atoms with Gasteiger partial charge in [-0.3, -0.25) is 4.57 Å². The van der Waals surface area contributed by atoms with E-state index in [1.165, 1.54) is 36.0 Å². The second-order valence-electron chi connectivity index (χ2n) is 11.5. The minimum atomic E-state index is -4.51. The van der Waals surface area contributed by atoms with Gasteiger partial charge in [0.1, 0.15) is 12.7 Å². The number of aliphatic hydroxyl groups is 1. The van der Waals surface area contributed by atoms with Crippen LogP contribution in [0, 0.1) is 5.41 Å². The summed E-state index contributed by atoms with van der Waals surface area (Å²) in [5.74, 6) is -0.633. The number of allylic oxidation sites excluding steroid dienone is 17. The number of aliphatic hydroxyl groups excluding tert-OH is 1. The molecule has 0 fully saturated rings. The molecule has 0 spiro atoms. The number of hydrogen-bond donors (Lipinski definition) is 1. The van der Waals surface area contributed by atoms with Crippen LogP contribution in [0.4, 0.5) is 0 Å². The van der Waals surface area contributed by atoms with Gasteiger partial charge in [0.2, 0.25) is 0 Å². The summed E-state index contributed by atoms with van der Waals surface area (Å²) in [6, 6.07) is 0. The fourth-order valence-electron chi connectivity index (χ4n) is 4.27. The molecular formula is C35H49BrO7P-. The van der Waals surface area contributed by atoms with Gasteiger partial charge in [-0.05, 0) is 64.9 Å². The van der Waals surface area contributed by atoms with E-state index >= 15 is 0 Å². The van der Waals surface area contributed by atoms with E-state index in [1.54, 1.807) is 19.1 Å². The number of rotatable bonds is 17. The average Bonchev–Trinajstić information content (AvgIpc) is 2.95. The monoisotopic (exact) mass is 691 g/mol. The Labute approximate surface area is 272 Å². The summed E-state index contributed by atoms with van der Waals surface area (Å²) in [7, 11) is -4.51. The van der Waals surface area contributed by atoms with Crippen molar-refractivity contribution in [1.29, 1.82) is 0 Å². The first kappa shape index (κ1) is 39.7. The molecule has 0 bridgehead atoms. The van der Waals surface area contributed by atoms with Gasteiger partial charge in [-0.25, -0.2) is 4.79 Å². The third-order valence-electron chi connectivity index (χ3n) is 6.79. The van der Waals surface area contributed by atoms with Crippen molar-refractivity contribution in [3.05, 3.63) is 106 Å². The number of alkyl halides is 1. The maximum Gasteiger partial charge on any atom is 0.333 e. The molecule has 1 rings (SSSR count). The van der Waals surface area contributed by atoms with Gasteiger partial charge >= 0.3 is 5.97 Å². The zero-order valence-electron chi connectivity index (χ0n) is 27.2. The summed E-state index contributed by atoms with van der Waals surface area (Å²) in [5.41, 5.74) is 6.86. The van der Waals surface area contributed by atoms with Gasteiger partial charge in [-0.2, -0.15) is 0 Å². The first-order valence-corrected chi connectivity index (χ1v) is 17.4. The molecule has 244 valence electrons. The van der Waals surface area contributed by atoms with E-state index in [2.05, 4.69) is 90.0 Å². The summed E-state index contributed by atoms with van der Waals surface area (Å²) < 4.78 is 25.6. The van der Waals surface area contributed by atoms with Crippen molar-refractivity contribution in [3.63, 3.8) is 0 Å². The lowest BCUT2D eigenvalue weighted by atomic mass is 9.72. The Morgan fingerprint density at radius 2 is 1.52 bits per heavy atom. The van der Waals surface area contributed by atoms with Gasteiger partial charge in [0.05, 0.1) is 13.2 Å². The molecule has 1 aliphatic carbocycles. The highest BCUT2D eigenvalue weighted by Crippen LogP contribution is 2.41. The third-order valence-corrected chi connectivity index (χ3v) is 8.08. The first-order chi connectivity index (χ1) is 20.7. The van der Waals surface area contributed by atoms with Crippen molar-refractivity contribution < 1.29 is 33.1 Å². The normalized spacial score (nSPS) is 19.5. The Bertz CT molecular complexity index is 1280. The van der Waals surface area contributed by atoms with Crippen molar-refractivity contribution >= 4 is 29.7 Å². The number of ether oxygens (including phenoxy) is 1. The number of halogens is 1. The number of phosphoric acid groups is 1. The standard InChI is InChI=1S/C35H50BrO7P/c1-27(15-10-16-29(3)20-21-33-30(4)19-12-22-35(33,6)7)13-8-9-14-28(2)17-11-18-31(5)34(38)41-25-32(37)26-43-44(39,40)42-24-23-36/h8-11,13-18,20-21,32,37H,12,19,22-26H2,1-7H3,(H,39,40)/p-1/b9-8+,15-10+,17-11+,21-20+,27-13+,28-14+,29-16+,31-18+. The topological polar surface area (TPSA) is 105 Å². The number of esters is 1. The molecular weight excluding hydrogens is 643 g/mol. The average molecular weight is 693 g/mol. The number of carbonyl (C=O) groups is 1. The molecule has 0 aromatic heterocycles. The fourth-order valence-corrected chi connectivity index (χ4v) is 5.42. The molecule has 1 N–H and O–H groups in total. The van der Waals surface area contributed by atoms with E-state index in [1.807, 2.05) is 37.3 Å². The molecule has 0 aromatic carbocycles. The third kappa shape index (κ3) is 17.2. The SMILES string of the molecule is CC1=C(/C=C/C(C)=C/C=C/C(C)=C/C=C/C=C(C)/C=C/C=C(\C)C(=O)OCC(O)COP(=O)([O-])OCCBr)C(C)(C)CCC1. The zero-order valence-corrected chi connectivity index (χ0v) is 29.7. The van der Waals surface area contributed by atoms with Crippen LogP contribution in [0.5, 0.6) is 0 Å². The molecule has 0 saturated heterocycles. The number of carbonyl (C=O) groups excluding carboxylic acids is 1. The second kappa shape index (κ2) is 20.7. The predicted molar refractivity (Wildman–Crippen MR) is 182 cm³/mol. The lowest BCUT2D eigenvalue weighted by molar-refractivity contribution is -0.227. The molecule has 1 aliphatic rings. The van der Waals surface area contributed by atoms with Gasteiger partial charge < -0.3 is 23.8 Å². The molecule has 2 atom stereocenters. The van der Waals surface area contributed by atoms with E-state index in [0.29, 0.717) is 10.9 Å². The maximum atomic E-state index is 12.1. The lowest BCUT2D eigenvalue weighted by Gasteiger charge is -2.32. The van der Waals surface area contributed by atoms with E-state index < -0.39 is 33.1 Å². The quantitative estimate of drug-likeness (QED) is 0.0538. The zero-order chi connectivity index (χ0) is 33.2. The van der Waals surface area contributed by atoms with Gasteiger partial charge in [0.25, 0.3) is 7.82 Å². The summed E-state index contributed by atoms with van der Waals surface area (Å²) in [4.78, 5) is 23.6. The lowest BCUT2D eigenvalue weighted by Crippen LogP contribution is -2.25. The van der Waals surface area contributed by atoms with Crippen molar-refractivity contribution in [1.82, 2.24) is 0 Å². The molecule has 7 nitrogen and oxygen atoms in total. The molecule has 0 aromatic rings. The van der Waals surface area contributed by atoms with Crippen LogP contribution in [-0.2, 0) is 23.1 Å². The first-order valence-electron chi connectivity index (χ1n) is 14.8. The van der Waals surface area contributed by atoms with Crippen molar-refractivity contribution in [2.45, 2.75) is 73.8 Å². The van der Waals surface area contributed by atoms with Gasteiger partial charge in [0.15, 0.2) is 0 Å². The van der Waals surface area contributed by atoms with E-state index in [4.69, 9.17) is 4.74 Å². The number of hydrogen-bond acceptors (Lipinski definition) is 7. The summed E-state index contributed by atoms with van der Waals surface area (Å²) >= 11 is 3.03. The molecule has 2 unspecified atom stereocenters. The summed E-state index contributed by atoms with van der Waals surface area (Å²) in [6.45, 7) is 13.5. The molecule has 0 saturated carbocycles. The Morgan fingerprint density at radius 3 is 2.11 bits per heavy atom. The van der Waals surface area contributed by atoms with E-state index in [0.717, 1.165) is 11.1 Å². The van der Waals surface area contributed by atoms with Crippen LogP contribution in [0.2, 0.25) is 0 Å². The van der Waals surface area contributed by atoms with Crippen molar-refractivity contribution in [2.24, 2.45) is 5.41 Å². The smallest absolute Gasteiger partial charge is 0.333 e. The molecule has 0 radical (unpaired) electrons. The Kier molecular flexibility index (Phi) is 18.6. The molecule has 0 heterocycles. The molecule has 0 amide bonds. The predicted octanol–water partition coefficient (Wildman–Crippen LogP) is 8.32. The Hall–Kier alpha value is -2.32. The minimum absolute atomic E-state index is 0.0867. The fraction of sp³-hybridized carbons (Fsp3) is 0.457. The Balaban J connectivity index is 2.53. The van der Waals surface area contributed by atoms with Gasteiger partial charge in [-0.1, -0.05) is 125 Å². The van der Waals surface area contributed by atoms with Gasteiger partial charge in [0, 0.05) is 10.9 Å². The molecule has 44 heavy (non-hydrogen) atoms. The second-order valence-corrected chi connectivity index (χ2v) is 13.7. The van der Waals surface area contributed by atoms with Crippen LogP contribution in [0.3, 0.4) is 0 Å². The highest BCUT2D eigenvalue weighted by molar-refractivity contribution is 9.09. The van der Waals surface area contributed by atoms with Crippen LogP contribution in [-0.4, -0.2) is 42.3 Å². The van der Waals surface area contributed by atoms with Crippen molar-refractivity contribution in [2.75, 3.05) is 25.2 Å². The van der Waals surface area contributed by atoms with Crippen LogP contribution in [0.1, 0.15) is 67.7 Å². The van der Waals surface area contributed by atoms with Crippen molar-refractivity contribution in [3.8, 4) is 0 Å². The van der Waals surface area contributed by atoms with Crippen LogP contribution < -0.4 is 4.89 Å². The van der Waals surface area contributed by atoms with Crippen LogP contribution >= 0.6 is 23.8 Å². The van der Waals surface area contributed by atoms with Crippen LogP contribution in [0.25, 0.3) is 0 Å². The summed E-state index contributed by atoms with van der Waals surface area (Å²) in [5, 5.41) is 10.1. The molecule has 9 heteroatoms. The summed E-state index contributed by atoms with van der Waals surface area (Å²) in [6.07, 6.45) is 26.2. The Morgan fingerprint density at radius 1 is 0.955 bits per heavy atom. The van der Waals surface area contributed by atoms with Crippen LogP contribution in [0.15, 0.2) is 106 Å². The highest BCUT2D eigenvalue weighted by Gasteiger charge is 2.26.